The van der Waals surface area contributed by atoms with Gasteiger partial charge >= 0.3 is 6.36 Å². The summed E-state index contributed by atoms with van der Waals surface area (Å²) in [6.45, 7) is -0.549. The SMILES string of the molecule is CN(CC(=O)Nc1ccc(OC(F)(F)F)cc1)C(=O)COc1cccc(Cl)c1. The summed E-state index contributed by atoms with van der Waals surface area (Å²) in [5.41, 5.74) is 0.260. The molecule has 10 heteroatoms. The number of nitrogens with zero attached hydrogens (tertiary/aromatic N) is 1. The van der Waals surface area contributed by atoms with E-state index in [0.717, 1.165) is 17.0 Å². The van der Waals surface area contributed by atoms with E-state index < -0.39 is 23.9 Å². The molecule has 0 unspecified atom stereocenters. The molecule has 2 aromatic carbocycles. The molecule has 0 atom stereocenters. The first kappa shape index (κ1) is 21.4. The van der Waals surface area contributed by atoms with Gasteiger partial charge in [0.1, 0.15) is 11.5 Å². The predicted molar refractivity (Wildman–Crippen MR) is 96.3 cm³/mol. The molecule has 0 saturated heterocycles. The van der Waals surface area contributed by atoms with Crippen molar-refractivity contribution < 1.29 is 32.2 Å². The second-order valence-corrected chi connectivity index (χ2v) is 6.05. The first-order valence-corrected chi connectivity index (χ1v) is 8.28. The number of hydrogen-bond acceptors (Lipinski definition) is 4. The maximum absolute atomic E-state index is 12.1. The lowest BCUT2D eigenvalue weighted by atomic mass is 10.3. The number of anilines is 1. The summed E-state index contributed by atoms with van der Waals surface area (Å²) >= 11 is 5.82. The number of amides is 2. The molecule has 150 valence electrons. The Kier molecular flexibility index (Phi) is 7.11. The third-order valence-corrected chi connectivity index (χ3v) is 3.57. The van der Waals surface area contributed by atoms with Crippen LogP contribution in [0.15, 0.2) is 48.5 Å². The summed E-state index contributed by atoms with van der Waals surface area (Å²) in [6, 6.07) is 11.2. The average Bonchev–Trinajstić information content (AvgIpc) is 2.60. The molecule has 0 spiro atoms. The van der Waals surface area contributed by atoms with Gasteiger partial charge in [0, 0.05) is 17.8 Å². The Morgan fingerprint density at radius 2 is 1.79 bits per heavy atom. The summed E-state index contributed by atoms with van der Waals surface area (Å²) in [7, 11) is 1.42. The van der Waals surface area contributed by atoms with Crippen LogP contribution >= 0.6 is 11.6 Å². The van der Waals surface area contributed by atoms with Crippen molar-refractivity contribution in [1.82, 2.24) is 4.90 Å². The number of rotatable bonds is 7. The highest BCUT2D eigenvalue weighted by Gasteiger charge is 2.30. The number of hydrogen-bond donors (Lipinski definition) is 1. The Hall–Kier alpha value is -2.94. The molecule has 1 N–H and O–H groups in total. The van der Waals surface area contributed by atoms with E-state index in [4.69, 9.17) is 16.3 Å². The second kappa shape index (κ2) is 9.32. The fourth-order valence-corrected chi connectivity index (χ4v) is 2.24. The largest absolute Gasteiger partial charge is 0.573 e. The normalized spacial score (nSPS) is 10.9. The van der Waals surface area contributed by atoms with E-state index in [0.29, 0.717) is 10.8 Å². The molecule has 0 fully saturated rings. The second-order valence-electron chi connectivity index (χ2n) is 5.62. The zero-order valence-electron chi connectivity index (χ0n) is 14.6. The quantitative estimate of drug-likeness (QED) is 0.747. The van der Waals surface area contributed by atoms with Crippen LogP contribution in [0, 0.1) is 0 Å². The first-order chi connectivity index (χ1) is 13.1. The van der Waals surface area contributed by atoms with Crippen molar-refractivity contribution in [3.63, 3.8) is 0 Å². The van der Waals surface area contributed by atoms with Crippen molar-refractivity contribution in [2.45, 2.75) is 6.36 Å². The van der Waals surface area contributed by atoms with Gasteiger partial charge in [-0.05, 0) is 42.5 Å². The number of alkyl halides is 3. The molecule has 0 saturated carbocycles. The molecule has 0 aliphatic carbocycles. The van der Waals surface area contributed by atoms with E-state index >= 15 is 0 Å². The van der Waals surface area contributed by atoms with E-state index in [1.54, 1.807) is 24.3 Å². The van der Waals surface area contributed by atoms with E-state index in [2.05, 4.69) is 10.1 Å². The summed E-state index contributed by atoms with van der Waals surface area (Å²) in [4.78, 5) is 25.2. The van der Waals surface area contributed by atoms with E-state index in [1.807, 2.05) is 0 Å². The first-order valence-electron chi connectivity index (χ1n) is 7.90. The standard InChI is InChI=1S/C18H16ClF3N2O4/c1-24(17(26)11-27-15-4-2-3-12(19)9-15)10-16(25)23-13-5-7-14(8-6-13)28-18(20,21)22/h2-9H,10-11H2,1H3,(H,23,25). The van der Waals surface area contributed by atoms with Crippen molar-refractivity contribution in [1.29, 1.82) is 0 Å². The van der Waals surface area contributed by atoms with E-state index in [9.17, 15) is 22.8 Å². The maximum atomic E-state index is 12.1. The van der Waals surface area contributed by atoms with Crippen LogP contribution in [0.1, 0.15) is 0 Å². The Labute approximate surface area is 163 Å². The molecule has 0 aromatic heterocycles. The van der Waals surface area contributed by atoms with Crippen molar-refractivity contribution in [3.8, 4) is 11.5 Å². The lowest BCUT2D eigenvalue weighted by molar-refractivity contribution is -0.274. The Morgan fingerprint density at radius 1 is 1.11 bits per heavy atom. The van der Waals surface area contributed by atoms with Crippen LogP contribution in [0.2, 0.25) is 5.02 Å². The van der Waals surface area contributed by atoms with Crippen molar-refractivity contribution in [3.05, 3.63) is 53.6 Å². The van der Waals surface area contributed by atoms with Gasteiger partial charge in [0.15, 0.2) is 6.61 Å². The van der Waals surface area contributed by atoms with Gasteiger partial charge in [0.05, 0.1) is 6.54 Å². The highest BCUT2D eigenvalue weighted by molar-refractivity contribution is 6.30. The van der Waals surface area contributed by atoms with Crippen LogP contribution in [0.3, 0.4) is 0 Å². The molecule has 0 bridgehead atoms. The summed E-state index contributed by atoms with van der Waals surface area (Å²) < 4.78 is 45.4. The van der Waals surface area contributed by atoms with Crippen LogP contribution in [0.25, 0.3) is 0 Å². The number of carbonyl (C=O) groups is 2. The van der Waals surface area contributed by atoms with Gasteiger partial charge < -0.3 is 19.7 Å². The minimum absolute atomic E-state index is 0.260. The lowest BCUT2D eigenvalue weighted by Gasteiger charge is -2.17. The average molecular weight is 417 g/mol. The summed E-state index contributed by atoms with van der Waals surface area (Å²) in [5.74, 6) is -0.956. The molecule has 0 radical (unpaired) electrons. The van der Waals surface area contributed by atoms with Gasteiger partial charge in [0.25, 0.3) is 5.91 Å². The molecule has 28 heavy (non-hydrogen) atoms. The van der Waals surface area contributed by atoms with Gasteiger partial charge in [0.2, 0.25) is 5.91 Å². The number of nitrogens with one attached hydrogen (secondary N) is 1. The van der Waals surface area contributed by atoms with Crippen LogP contribution in [0.4, 0.5) is 18.9 Å². The molecular weight excluding hydrogens is 401 g/mol. The highest BCUT2D eigenvalue weighted by atomic mass is 35.5. The summed E-state index contributed by atoms with van der Waals surface area (Å²) in [6.07, 6.45) is -4.79. The molecule has 0 heterocycles. The number of halogens is 4. The zero-order valence-corrected chi connectivity index (χ0v) is 15.4. The van der Waals surface area contributed by atoms with Gasteiger partial charge in [-0.3, -0.25) is 9.59 Å². The maximum Gasteiger partial charge on any atom is 0.573 e. The Bertz CT molecular complexity index is 828. The van der Waals surface area contributed by atoms with Crippen LogP contribution in [-0.2, 0) is 9.59 Å². The van der Waals surface area contributed by atoms with Crippen LogP contribution in [0.5, 0.6) is 11.5 Å². The van der Waals surface area contributed by atoms with Crippen molar-refractivity contribution >= 4 is 29.1 Å². The zero-order chi connectivity index (χ0) is 20.7. The summed E-state index contributed by atoms with van der Waals surface area (Å²) in [5, 5.41) is 2.93. The topological polar surface area (TPSA) is 67.9 Å². The van der Waals surface area contributed by atoms with E-state index in [-0.39, 0.29) is 18.8 Å². The van der Waals surface area contributed by atoms with Gasteiger partial charge in [-0.25, -0.2) is 0 Å². The lowest BCUT2D eigenvalue weighted by Crippen LogP contribution is -2.37. The minimum Gasteiger partial charge on any atom is -0.484 e. The molecule has 0 aliphatic rings. The van der Waals surface area contributed by atoms with Crippen molar-refractivity contribution in [2.75, 3.05) is 25.5 Å². The van der Waals surface area contributed by atoms with E-state index in [1.165, 1.54) is 19.2 Å². The van der Waals surface area contributed by atoms with Crippen LogP contribution < -0.4 is 14.8 Å². The third-order valence-electron chi connectivity index (χ3n) is 3.34. The fraction of sp³-hybridized carbons (Fsp3) is 0.222. The third kappa shape index (κ3) is 7.36. The molecule has 6 nitrogen and oxygen atoms in total. The molecule has 2 rings (SSSR count). The van der Waals surface area contributed by atoms with Gasteiger partial charge in [-0.2, -0.15) is 0 Å². The molecule has 2 aromatic rings. The number of likely N-dealkylation sites (N-methyl/N-ethyl adjacent to an activating group) is 1. The number of carbonyl (C=O) groups excluding carboxylic acids is 2. The van der Waals surface area contributed by atoms with Gasteiger partial charge in [-0.15, -0.1) is 13.2 Å². The fourth-order valence-electron chi connectivity index (χ4n) is 2.06. The highest BCUT2D eigenvalue weighted by Crippen LogP contribution is 2.24. The molecular formula is C18H16ClF3N2O4. The molecule has 2 amide bonds. The van der Waals surface area contributed by atoms with Crippen molar-refractivity contribution in [2.24, 2.45) is 0 Å². The number of benzene rings is 2. The Balaban J connectivity index is 1.80. The van der Waals surface area contributed by atoms with Gasteiger partial charge in [-0.1, -0.05) is 17.7 Å². The molecule has 0 aliphatic heterocycles. The number of ether oxygens (including phenoxy) is 2. The monoisotopic (exact) mass is 416 g/mol. The van der Waals surface area contributed by atoms with Crippen LogP contribution in [-0.4, -0.2) is 43.3 Å². The predicted octanol–water partition coefficient (Wildman–Crippen LogP) is 3.71. The minimum atomic E-state index is -4.79. The smallest absolute Gasteiger partial charge is 0.484 e. The Morgan fingerprint density at radius 3 is 2.39 bits per heavy atom.